The summed E-state index contributed by atoms with van der Waals surface area (Å²) in [6, 6.07) is 8.63. The van der Waals surface area contributed by atoms with Crippen molar-refractivity contribution in [2.75, 3.05) is 20.8 Å². The van der Waals surface area contributed by atoms with Crippen LogP contribution >= 0.6 is 0 Å². The largest absolute Gasteiger partial charge is 0.493 e. The number of ether oxygens (including phenoxy) is 2. The van der Waals surface area contributed by atoms with Crippen molar-refractivity contribution in [1.29, 1.82) is 0 Å². The molecule has 1 heterocycles. The predicted molar refractivity (Wildman–Crippen MR) is 116 cm³/mol. The number of rotatable bonds is 7. The van der Waals surface area contributed by atoms with Gasteiger partial charge in [0.15, 0.2) is 11.5 Å². The minimum absolute atomic E-state index is 0.0178. The second-order valence-corrected chi connectivity index (χ2v) is 9.10. The van der Waals surface area contributed by atoms with Crippen molar-refractivity contribution < 1.29 is 27.6 Å². The first-order valence-electron chi connectivity index (χ1n) is 9.60. The van der Waals surface area contributed by atoms with E-state index in [0.717, 1.165) is 16.4 Å². The van der Waals surface area contributed by atoms with E-state index in [2.05, 4.69) is 5.32 Å². The summed E-state index contributed by atoms with van der Waals surface area (Å²) in [7, 11) is -1.15. The van der Waals surface area contributed by atoms with Crippen LogP contribution in [0.5, 0.6) is 11.5 Å². The molecule has 0 aromatic heterocycles. The van der Waals surface area contributed by atoms with Crippen LogP contribution in [0.25, 0.3) is 0 Å². The molecule has 2 aromatic carbocycles. The summed E-state index contributed by atoms with van der Waals surface area (Å²) in [6.45, 7) is 1.69. The molecule has 0 fully saturated rings. The number of carbonyl (C=O) groups is 1. The second kappa shape index (κ2) is 9.37. The number of carbonyl (C=O) groups excluding carboxylic acids is 1. The monoisotopic (exact) mass is 461 g/mol. The summed E-state index contributed by atoms with van der Waals surface area (Å²) in [4.78, 5) is 23.0. The Balaban J connectivity index is 2.01. The molecule has 170 valence electrons. The quantitative estimate of drug-likeness (QED) is 0.495. The molecule has 1 aliphatic rings. The standard InChI is InChI=1S/C21H23N3O7S/c1-14-12-22-21(25)18(10-15-4-9-19(30-2)20(11-15)31-3)23(13-14)32(28,29)17-7-5-16(6-8-17)24(26)27/h4-9,11-12,18H,10,13H2,1-3H3,(H,22,25)/t18-/m0/s1. The third-order valence-corrected chi connectivity index (χ3v) is 6.92. The maximum Gasteiger partial charge on any atom is 0.269 e. The number of hydrogen-bond acceptors (Lipinski definition) is 7. The number of sulfonamides is 1. The van der Waals surface area contributed by atoms with E-state index in [1.54, 1.807) is 25.1 Å². The lowest BCUT2D eigenvalue weighted by Gasteiger charge is -2.28. The SMILES string of the molecule is COc1ccc(C[C@H]2C(=O)NC=C(C)CN2S(=O)(=O)c2ccc([N+](=O)[O-])cc2)cc1OC. The van der Waals surface area contributed by atoms with Crippen molar-refractivity contribution in [3.63, 3.8) is 0 Å². The molecule has 10 nitrogen and oxygen atoms in total. The van der Waals surface area contributed by atoms with E-state index >= 15 is 0 Å². The average Bonchev–Trinajstić information content (AvgIpc) is 2.92. The molecule has 0 aliphatic carbocycles. The summed E-state index contributed by atoms with van der Waals surface area (Å²) < 4.78 is 38.5. The third-order valence-electron chi connectivity index (χ3n) is 5.05. The topological polar surface area (TPSA) is 128 Å². The Morgan fingerprint density at radius 3 is 2.38 bits per heavy atom. The fourth-order valence-corrected chi connectivity index (χ4v) is 5.01. The Hall–Kier alpha value is -3.44. The molecule has 0 radical (unpaired) electrons. The molecule has 1 aliphatic heterocycles. The lowest BCUT2D eigenvalue weighted by Crippen LogP contribution is -2.48. The van der Waals surface area contributed by atoms with Gasteiger partial charge in [-0.2, -0.15) is 4.31 Å². The lowest BCUT2D eigenvalue weighted by molar-refractivity contribution is -0.384. The van der Waals surface area contributed by atoms with Crippen LogP contribution in [-0.2, 0) is 21.2 Å². The smallest absolute Gasteiger partial charge is 0.269 e. The van der Waals surface area contributed by atoms with E-state index in [0.29, 0.717) is 22.6 Å². The summed E-state index contributed by atoms with van der Waals surface area (Å²) >= 11 is 0. The normalized spacial score (nSPS) is 17.2. The molecule has 0 saturated heterocycles. The van der Waals surface area contributed by atoms with Crippen LogP contribution in [0.1, 0.15) is 12.5 Å². The van der Waals surface area contributed by atoms with Gasteiger partial charge in [0, 0.05) is 24.9 Å². The first kappa shape index (κ1) is 23.2. The van der Waals surface area contributed by atoms with E-state index < -0.39 is 26.9 Å². The number of amides is 1. The maximum atomic E-state index is 13.4. The van der Waals surface area contributed by atoms with E-state index in [9.17, 15) is 23.3 Å². The Morgan fingerprint density at radius 1 is 1.12 bits per heavy atom. The van der Waals surface area contributed by atoms with Gasteiger partial charge < -0.3 is 14.8 Å². The molecule has 0 unspecified atom stereocenters. The van der Waals surface area contributed by atoms with Crippen LogP contribution < -0.4 is 14.8 Å². The van der Waals surface area contributed by atoms with Gasteiger partial charge in [-0.25, -0.2) is 8.42 Å². The number of hydrogen-bond donors (Lipinski definition) is 1. The summed E-state index contributed by atoms with van der Waals surface area (Å²) in [5, 5.41) is 13.6. The third kappa shape index (κ3) is 4.73. The molecule has 0 bridgehead atoms. The Bertz CT molecular complexity index is 1160. The number of nitro groups is 1. The first-order chi connectivity index (χ1) is 15.2. The van der Waals surface area contributed by atoms with Gasteiger partial charge in [-0.1, -0.05) is 6.07 Å². The molecule has 3 rings (SSSR count). The Kier molecular flexibility index (Phi) is 6.80. The molecule has 32 heavy (non-hydrogen) atoms. The molecule has 0 spiro atoms. The van der Waals surface area contributed by atoms with Crippen LogP contribution in [0.2, 0.25) is 0 Å². The first-order valence-corrected chi connectivity index (χ1v) is 11.0. The molecule has 0 saturated carbocycles. The predicted octanol–water partition coefficient (Wildman–Crippen LogP) is 2.25. The number of nitrogens with one attached hydrogen (secondary N) is 1. The van der Waals surface area contributed by atoms with Gasteiger partial charge in [-0.05, 0) is 48.7 Å². The van der Waals surface area contributed by atoms with Crippen LogP contribution in [0.15, 0.2) is 59.1 Å². The molecule has 2 aromatic rings. The van der Waals surface area contributed by atoms with E-state index in [1.165, 1.54) is 32.6 Å². The van der Waals surface area contributed by atoms with Crippen molar-refractivity contribution in [3.8, 4) is 11.5 Å². The van der Waals surface area contributed by atoms with Gasteiger partial charge in [0.2, 0.25) is 15.9 Å². The lowest BCUT2D eigenvalue weighted by atomic mass is 10.0. The highest BCUT2D eigenvalue weighted by Crippen LogP contribution is 2.30. The van der Waals surface area contributed by atoms with Crippen LogP contribution in [-0.4, -0.2) is 50.4 Å². The van der Waals surface area contributed by atoms with Gasteiger partial charge in [0.05, 0.1) is 24.0 Å². The minimum atomic E-state index is -4.14. The Morgan fingerprint density at radius 2 is 1.78 bits per heavy atom. The molecular formula is C21H23N3O7S. The average molecular weight is 461 g/mol. The zero-order chi connectivity index (χ0) is 23.5. The van der Waals surface area contributed by atoms with Gasteiger partial charge in [0.1, 0.15) is 6.04 Å². The fraction of sp³-hybridized carbons (Fsp3) is 0.286. The summed E-state index contributed by atoms with van der Waals surface area (Å²) in [5.41, 5.74) is 1.08. The minimum Gasteiger partial charge on any atom is -0.493 e. The maximum absolute atomic E-state index is 13.4. The number of methoxy groups -OCH3 is 2. The number of nitro benzene ring substituents is 1. The van der Waals surface area contributed by atoms with E-state index in [-0.39, 0.29) is 23.5 Å². The molecule has 1 amide bonds. The van der Waals surface area contributed by atoms with Gasteiger partial charge >= 0.3 is 0 Å². The van der Waals surface area contributed by atoms with Gasteiger partial charge in [-0.15, -0.1) is 0 Å². The fourth-order valence-electron chi connectivity index (χ4n) is 3.38. The molecule has 1 N–H and O–H groups in total. The van der Waals surface area contributed by atoms with Crippen LogP contribution in [0.4, 0.5) is 5.69 Å². The van der Waals surface area contributed by atoms with E-state index in [1.807, 2.05) is 0 Å². The number of nitrogens with zero attached hydrogens (tertiary/aromatic N) is 2. The van der Waals surface area contributed by atoms with E-state index in [4.69, 9.17) is 9.47 Å². The summed E-state index contributed by atoms with van der Waals surface area (Å²) in [6.07, 6.45) is 1.56. The highest BCUT2D eigenvalue weighted by Gasteiger charge is 2.37. The highest BCUT2D eigenvalue weighted by molar-refractivity contribution is 7.89. The summed E-state index contributed by atoms with van der Waals surface area (Å²) in [5.74, 6) is 0.481. The van der Waals surface area contributed by atoms with Crippen molar-refractivity contribution >= 4 is 21.6 Å². The van der Waals surface area contributed by atoms with Crippen molar-refractivity contribution in [2.24, 2.45) is 0 Å². The number of benzene rings is 2. The zero-order valence-electron chi connectivity index (χ0n) is 17.8. The molecule has 1 atom stereocenters. The zero-order valence-corrected chi connectivity index (χ0v) is 18.6. The Labute approximate surface area is 185 Å². The number of non-ortho nitro benzene ring substituents is 1. The second-order valence-electron chi connectivity index (χ2n) is 7.21. The van der Waals surface area contributed by atoms with Crippen molar-refractivity contribution in [3.05, 3.63) is 69.9 Å². The highest BCUT2D eigenvalue weighted by atomic mass is 32.2. The van der Waals surface area contributed by atoms with Crippen LogP contribution in [0.3, 0.4) is 0 Å². The molecule has 11 heteroatoms. The van der Waals surface area contributed by atoms with Crippen molar-refractivity contribution in [2.45, 2.75) is 24.3 Å². The molecular weight excluding hydrogens is 438 g/mol. The van der Waals surface area contributed by atoms with Gasteiger partial charge in [0.25, 0.3) is 5.69 Å². The van der Waals surface area contributed by atoms with Crippen LogP contribution in [0, 0.1) is 10.1 Å². The van der Waals surface area contributed by atoms with Crippen molar-refractivity contribution in [1.82, 2.24) is 9.62 Å². The van der Waals surface area contributed by atoms with Gasteiger partial charge in [-0.3, -0.25) is 14.9 Å².